The minimum atomic E-state index is 0.653. The molecule has 1 heterocycles. The highest BCUT2D eigenvalue weighted by Gasteiger charge is 1.86. The first-order valence-corrected chi connectivity index (χ1v) is 2.13. The Morgan fingerprint density at radius 2 is 2.57 bits per heavy atom. The Morgan fingerprint density at radius 1 is 1.71 bits per heavy atom. The van der Waals surface area contributed by atoms with E-state index >= 15 is 0 Å². The average Bonchev–Trinajstić information content (AvgIpc) is 1.69. The SMILES string of the molecule is NC1=COCC=C1. The van der Waals surface area contributed by atoms with Gasteiger partial charge in [0.15, 0.2) is 0 Å². The molecule has 0 aliphatic carbocycles. The predicted molar refractivity (Wildman–Crippen MR) is 27.4 cm³/mol. The Bertz CT molecular complexity index is 115. The van der Waals surface area contributed by atoms with Gasteiger partial charge in [-0.1, -0.05) is 0 Å². The summed E-state index contributed by atoms with van der Waals surface area (Å²) in [6, 6.07) is 0. The zero-order chi connectivity index (χ0) is 5.11. The Kier molecular flexibility index (Phi) is 1.02. The fourth-order valence-electron chi connectivity index (χ4n) is 0.423. The summed E-state index contributed by atoms with van der Waals surface area (Å²) < 4.78 is 4.81. The first kappa shape index (κ1) is 4.24. The molecule has 1 aliphatic rings. The number of ether oxygens (including phenoxy) is 1. The van der Waals surface area contributed by atoms with Crippen molar-refractivity contribution in [3.8, 4) is 0 Å². The summed E-state index contributed by atoms with van der Waals surface area (Å²) in [6.07, 6.45) is 5.23. The number of nitrogens with two attached hydrogens (primary N) is 1. The molecule has 0 bridgehead atoms. The van der Waals surface area contributed by atoms with Crippen LogP contribution in [-0.2, 0) is 4.74 Å². The van der Waals surface area contributed by atoms with Crippen LogP contribution in [0.4, 0.5) is 0 Å². The Morgan fingerprint density at radius 3 is 2.86 bits per heavy atom. The molecule has 0 radical (unpaired) electrons. The van der Waals surface area contributed by atoms with E-state index in [1.165, 1.54) is 0 Å². The lowest BCUT2D eigenvalue weighted by Crippen LogP contribution is -1.99. The van der Waals surface area contributed by atoms with Crippen LogP contribution in [0.15, 0.2) is 24.1 Å². The Labute approximate surface area is 42.3 Å². The van der Waals surface area contributed by atoms with Crippen molar-refractivity contribution in [1.82, 2.24) is 0 Å². The molecular weight excluding hydrogens is 90.1 g/mol. The number of hydrogen-bond acceptors (Lipinski definition) is 2. The molecule has 0 fully saturated rings. The summed E-state index contributed by atoms with van der Waals surface area (Å²) in [5.41, 5.74) is 5.97. The molecule has 38 valence electrons. The van der Waals surface area contributed by atoms with E-state index in [2.05, 4.69) is 0 Å². The van der Waals surface area contributed by atoms with Crippen LogP contribution in [0.2, 0.25) is 0 Å². The highest BCUT2D eigenvalue weighted by atomic mass is 16.5. The third kappa shape index (κ3) is 0.961. The van der Waals surface area contributed by atoms with Crippen molar-refractivity contribution in [3.05, 3.63) is 24.1 Å². The topological polar surface area (TPSA) is 35.2 Å². The van der Waals surface area contributed by atoms with Crippen LogP contribution in [0.5, 0.6) is 0 Å². The van der Waals surface area contributed by atoms with E-state index in [9.17, 15) is 0 Å². The zero-order valence-electron chi connectivity index (χ0n) is 3.92. The third-order valence-corrected chi connectivity index (χ3v) is 0.722. The molecule has 0 saturated heterocycles. The quantitative estimate of drug-likeness (QED) is 0.474. The molecule has 0 aromatic heterocycles. The number of hydrogen-bond donors (Lipinski definition) is 1. The number of allylic oxidation sites excluding steroid dienone is 1. The molecule has 0 atom stereocenters. The normalized spacial score (nSPS) is 18.0. The van der Waals surface area contributed by atoms with Crippen molar-refractivity contribution in [3.63, 3.8) is 0 Å². The second-order valence-electron chi connectivity index (χ2n) is 1.35. The number of rotatable bonds is 0. The van der Waals surface area contributed by atoms with Crippen molar-refractivity contribution >= 4 is 0 Å². The molecule has 7 heavy (non-hydrogen) atoms. The fraction of sp³-hybridized carbons (Fsp3) is 0.200. The second-order valence-corrected chi connectivity index (χ2v) is 1.35. The van der Waals surface area contributed by atoms with Gasteiger partial charge >= 0.3 is 0 Å². The minimum absolute atomic E-state index is 0.653. The Balaban J connectivity index is 2.58. The van der Waals surface area contributed by atoms with Crippen molar-refractivity contribution in [1.29, 1.82) is 0 Å². The van der Waals surface area contributed by atoms with Gasteiger partial charge in [-0.25, -0.2) is 0 Å². The van der Waals surface area contributed by atoms with Crippen molar-refractivity contribution in [2.24, 2.45) is 5.73 Å². The summed E-state index contributed by atoms with van der Waals surface area (Å²) in [5, 5.41) is 0. The summed E-state index contributed by atoms with van der Waals surface area (Å²) in [7, 11) is 0. The maximum absolute atomic E-state index is 5.28. The lowest BCUT2D eigenvalue weighted by molar-refractivity contribution is 0.282. The first-order valence-electron chi connectivity index (χ1n) is 2.13. The molecule has 2 N–H and O–H groups in total. The Hall–Kier alpha value is -0.920. The van der Waals surface area contributed by atoms with Crippen molar-refractivity contribution in [2.45, 2.75) is 0 Å². The maximum Gasteiger partial charge on any atom is 0.106 e. The minimum Gasteiger partial charge on any atom is -0.495 e. The van der Waals surface area contributed by atoms with Gasteiger partial charge in [0.25, 0.3) is 0 Å². The van der Waals surface area contributed by atoms with E-state index in [0.717, 1.165) is 0 Å². The van der Waals surface area contributed by atoms with Crippen LogP contribution < -0.4 is 5.73 Å². The maximum atomic E-state index is 5.28. The smallest absolute Gasteiger partial charge is 0.106 e. The molecule has 1 aliphatic heterocycles. The van der Waals surface area contributed by atoms with Crippen LogP contribution in [0.1, 0.15) is 0 Å². The second kappa shape index (κ2) is 1.69. The summed E-state index contributed by atoms with van der Waals surface area (Å²) in [5.74, 6) is 0. The van der Waals surface area contributed by atoms with E-state index < -0.39 is 0 Å². The fourth-order valence-corrected chi connectivity index (χ4v) is 0.423. The standard InChI is InChI=1S/C5H7NO/c6-5-2-1-3-7-4-5/h1-2,4H,3,6H2. The van der Waals surface area contributed by atoms with Gasteiger partial charge in [0.1, 0.15) is 12.9 Å². The third-order valence-electron chi connectivity index (χ3n) is 0.722. The van der Waals surface area contributed by atoms with E-state index in [1.54, 1.807) is 6.26 Å². The summed E-state index contributed by atoms with van der Waals surface area (Å²) in [4.78, 5) is 0. The molecule has 0 aromatic rings. The van der Waals surface area contributed by atoms with Gasteiger partial charge in [-0.05, 0) is 12.2 Å². The highest BCUT2D eigenvalue weighted by molar-refractivity contribution is 5.14. The molecule has 0 saturated carbocycles. The largest absolute Gasteiger partial charge is 0.495 e. The molecular formula is C5H7NO. The molecule has 0 aromatic carbocycles. The first-order chi connectivity index (χ1) is 3.39. The zero-order valence-corrected chi connectivity index (χ0v) is 3.92. The molecule has 0 unspecified atom stereocenters. The monoisotopic (exact) mass is 97.1 g/mol. The molecule has 0 spiro atoms. The van der Waals surface area contributed by atoms with Crippen molar-refractivity contribution in [2.75, 3.05) is 6.61 Å². The lowest BCUT2D eigenvalue weighted by atomic mass is 10.4. The molecule has 1 rings (SSSR count). The summed E-state index contributed by atoms with van der Waals surface area (Å²) in [6.45, 7) is 0.653. The van der Waals surface area contributed by atoms with Crippen LogP contribution in [0.3, 0.4) is 0 Å². The van der Waals surface area contributed by atoms with Crippen LogP contribution in [-0.4, -0.2) is 6.61 Å². The molecule has 2 nitrogen and oxygen atoms in total. The van der Waals surface area contributed by atoms with E-state index in [-0.39, 0.29) is 0 Å². The lowest BCUT2D eigenvalue weighted by Gasteiger charge is -2.00. The summed E-state index contributed by atoms with van der Waals surface area (Å²) >= 11 is 0. The predicted octanol–water partition coefficient (Wildman–Crippen LogP) is 0.373. The highest BCUT2D eigenvalue weighted by Crippen LogP contribution is 1.94. The van der Waals surface area contributed by atoms with Crippen LogP contribution in [0, 0.1) is 0 Å². The van der Waals surface area contributed by atoms with Gasteiger partial charge in [-0.15, -0.1) is 0 Å². The molecule has 2 heteroatoms. The van der Waals surface area contributed by atoms with Crippen LogP contribution in [0.25, 0.3) is 0 Å². The van der Waals surface area contributed by atoms with E-state index in [4.69, 9.17) is 10.5 Å². The van der Waals surface area contributed by atoms with E-state index in [1.807, 2.05) is 12.2 Å². The van der Waals surface area contributed by atoms with Gasteiger partial charge in [0.2, 0.25) is 0 Å². The van der Waals surface area contributed by atoms with Gasteiger partial charge in [0.05, 0.1) is 5.70 Å². The average molecular weight is 97.1 g/mol. The van der Waals surface area contributed by atoms with Gasteiger partial charge in [0, 0.05) is 0 Å². The van der Waals surface area contributed by atoms with Crippen molar-refractivity contribution < 1.29 is 4.74 Å². The van der Waals surface area contributed by atoms with Crippen LogP contribution >= 0.6 is 0 Å². The molecule has 0 amide bonds. The van der Waals surface area contributed by atoms with Gasteiger partial charge in [-0.3, -0.25) is 0 Å². The van der Waals surface area contributed by atoms with Gasteiger partial charge < -0.3 is 10.5 Å². The van der Waals surface area contributed by atoms with Gasteiger partial charge in [-0.2, -0.15) is 0 Å². The van der Waals surface area contributed by atoms with E-state index in [0.29, 0.717) is 12.3 Å².